The monoisotopic (exact) mass is 602 g/mol. The quantitative estimate of drug-likeness (QED) is 0.0599. The summed E-state index contributed by atoms with van der Waals surface area (Å²) in [5.74, 6) is 2.24. The highest BCUT2D eigenvalue weighted by atomic mass is 15.1. The molecule has 0 saturated carbocycles. The summed E-state index contributed by atoms with van der Waals surface area (Å²) in [7, 11) is 0. The van der Waals surface area contributed by atoms with Gasteiger partial charge >= 0.3 is 0 Å². The Morgan fingerprint density at radius 1 is 0.442 bits per heavy atom. The third-order valence-electron chi connectivity index (χ3n) is 10.1. The summed E-state index contributed by atoms with van der Waals surface area (Å²) in [5.41, 5.74) is 0. The molecular weight excluding hydrogens is 520 g/mol. The molecule has 43 heavy (non-hydrogen) atoms. The highest BCUT2D eigenvalue weighted by molar-refractivity contribution is 4.90. The molecule has 0 fully saturated rings. The van der Waals surface area contributed by atoms with Gasteiger partial charge in [-0.1, -0.05) is 201 Å². The number of unbranched alkanes of at least 4 members (excludes halogenated alkanes) is 26. The highest BCUT2D eigenvalue weighted by Gasteiger charge is 2.25. The zero-order valence-electron chi connectivity index (χ0n) is 30.4. The minimum atomic E-state index is 0.620. The lowest BCUT2D eigenvalue weighted by Gasteiger charge is -2.17. The van der Waals surface area contributed by atoms with Gasteiger partial charge < -0.3 is 0 Å². The molecule has 1 aromatic heterocycles. The fraction of sp³-hybridized carbons (Fsp3) is 0.927. The van der Waals surface area contributed by atoms with E-state index in [2.05, 4.69) is 49.6 Å². The molecule has 0 aliphatic heterocycles. The standard InChI is InChI=1S/C41H80N2/c1-5-8-11-14-16-18-20-22-23-25-27-29-31-34-39(4)43-38-37-42-41(43)40(35-32-13-10-7-3)36-33-30-28-26-24-21-19-17-15-12-9-6-2/h37-40H,5-36H2,1-4H3/p+1. The Morgan fingerprint density at radius 2 is 0.744 bits per heavy atom. The van der Waals surface area contributed by atoms with Crippen LogP contribution in [0.3, 0.4) is 0 Å². The number of hydrogen-bond acceptors (Lipinski definition) is 0. The Kier molecular flexibility index (Phi) is 29.2. The molecule has 0 saturated heterocycles. The summed E-state index contributed by atoms with van der Waals surface area (Å²) in [4.78, 5) is 3.73. The van der Waals surface area contributed by atoms with Gasteiger partial charge in [0.1, 0.15) is 12.4 Å². The number of nitrogens with zero attached hydrogens (tertiary/aromatic N) is 1. The van der Waals surface area contributed by atoms with Crippen LogP contribution in [0.5, 0.6) is 0 Å². The van der Waals surface area contributed by atoms with Gasteiger partial charge in [-0.05, 0) is 32.6 Å². The zero-order valence-corrected chi connectivity index (χ0v) is 30.4. The second-order valence-electron chi connectivity index (χ2n) is 14.4. The van der Waals surface area contributed by atoms with E-state index in [4.69, 9.17) is 0 Å². The largest absolute Gasteiger partial charge is 0.257 e. The van der Waals surface area contributed by atoms with Crippen molar-refractivity contribution >= 4 is 0 Å². The van der Waals surface area contributed by atoms with Gasteiger partial charge in [-0.25, -0.2) is 9.55 Å². The lowest BCUT2D eigenvalue weighted by Crippen LogP contribution is -2.41. The Bertz CT molecular complexity index is 664. The molecule has 0 aromatic carbocycles. The molecule has 1 N–H and O–H groups in total. The minimum Gasteiger partial charge on any atom is -0.247 e. The van der Waals surface area contributed by atoms with E-state index < -0.39 is 0 Å². The van der Waals surface area contributed by atoms with Crippen molar-refractivity contribution in [2.75, 3.05) is 0 Å². The number of aromatic nitrogens is 2. The van der Waals surface area contributed by atoms with Crippen molar-refractivity contribution in [3.63, 3.8) is 0 Å². The minimum absolute atomic E-state index is 0.620. The first kappa shape index (κ1) is 40.2. The molecule has 0 radical (unpaired) electrons. The van der Waals surface area contributed by atoms with Crippen molar-refractivity contribution < 1.29 is 4.57 Å². The topological polar surface area (TPSA) is 19.7 Å². The molecule has 0 spiro atoms. The summed E-state index contributed by atoms with van der Waals surface area (Å²) in [5, 5.41) is 0. The number of nitrogens with one attached hydrogen (secondary N) is 1. The van der Waals surface area contributed by atoms with Crippen LogP contribution in [0.4, 0.5) is 0 Å². The molecule has 1 aromatic rings. The summed E-state index contributed by atoms with van der Waals surface area (Å²) in [6, 6.07) is 0.620. The second-order valence-corrected chi connectivity index (χ2v) is 14.4. The molecule has 2 unspecified atom stereocenters. The summed E-state index contributed by atoms with van der Waals surface area (Å²) in [6.45, 7) is 9.42. The maximum absolute atomic E-state index is 3.73. The third kappa shape index (κ3) is 23.2. The van der Waals surface area contributed by atoms with E-state index in [-0.39, 0.29) is 0 Å². The number of hydrogen-bond donors (Lipinski definition) is 1. The fourth-order valence-electron chi connectivity index (χ4n) is 7.13. The van der Waals surface area contributed by atoms with Crippen molar-refractivity contribution in [2.45, 2.75) is 245 Å². The van der Waals surface area contributed by atoms with E-state index in [0.29, 0.717) is 12.0 Å². The predicted molar refractivity (Wildman–Crippen MR) is 193 cm³/mol. The predicted octanol–water partition coefficient (Wildman–Crippen LogP) is 14.5. The molecule has 254 valence electrons. The van der Waals surface area contributed by atoms with Gasteiger partial charge in [0.15, 0.2) is 0 Å². The number of aromatic amines is 1. The lowest BCUT2D eigenvalue weighted by molar-refractivity contribution is -0.727. The zero-order chi connectivity index (χ0) is 31.1. The molecule has 1 rings (SSSR count). The van der Waals surface area contributed by atoms with Crippen LogP contribution in [0.15, 0.2) is 12.4 Å². The van der Waals surface area contributed by atoms with Crippen LogP contribution in [0.25, 0.3) is 0 Å². The Balaban J connectivity index is 2.28. The number of H-pyrrole nitrogens is 1. The van der Waals surface area contributed by atoms with E-state index in [1.807, 2.05) is 0 Å². The highest BCUT2D eigenvalue weighted by Crippen LogP contribution is 2.27. The van der Waals surface area contributed by atoms with Gasteiger partial charge in [0.25, 0.3) is 5.82 Å². The normalized spacial score (nSPS) is 13.1. The molecule has 2 heteroatoms. The molecule has 0 aliphatic rings. The molecule has 0 amide bonds. The first-order valence-corrected chi connectivity index (χ1v) is 20.3. The van der Waals surface area contributed by atoms with Crippen LogP contribution in [0.2, 0.25) is 0 Å². The van der Waals surface area contributed by atoms with Gasteiger partial charge in [-0.2, -0.15) is 0 Å². The SMILES string of the molecule is CCCCCCCCCCCCCCCC(C)[n+]1cc[nH]c1C(CCCCCC)CCCCCCCCCCCCCC. The summed E-state index contributed by atoms with van der Waals surface area (Å²) >= 11 is 0. The van der Waals surface area contributed by atoms with Crippen LogP contribution in [0.1, 0.15) is 251 Å². The smallest absolute Gasteiger partial charge is 0.247 e. The lowest BCUT2D eigenvalue weighted by atomic mass is 9.93. The van der Waals surface area contributed by atoms with E-state index in [0.717, 1.165) is 0 Å². The maximum atomic E-state index is 3.73. The number of rotatable bonds is 34. The average molecular weight is 602 g/mol. The first-order chi connectivity index (χ1) is 21.2. The number of imidazole rings is 1. The van der Waals surface area contributed by atoms with Crippen LogP contribution in [-0.2, 0) is 0 Å². The average Bonchev–Trinajstić information content (AvgIpc) is 3.51. The van der Waals surface area contributed by atoms with Crippen LogP contribution < -0.4 is 4.57 Å². The van der Waals surface area contributed by atoms with E-state index in [1.165, 1.54) is 211 Å². The molecule has 2 nitrogen and oxygen atoms in total. The van der Waals surface area contributed by atoms with Gasteiger partial charge in [0.05, 0.1) is 12.0 Å². The molecule has 2 atom stereocenters. The second kappa shape index (κ2) is 31.2. The van der Waals surface area contributed by atoms with Crippen LogP contribution >= 0.6 is 0 Å². The van der Waals surface area contributed by atoms with Gasteiger partial charge in [0.2, 0.25) is 0 Å². The van der Waals surface area contributed by atoms with Crippen molar-refractivity contribution in [2.24, 2.45) is 0 Å². The van der Waals surface area contributed by atoms with Crippen molar-refractivity contribution in [3.05, 3.63) is 18.2 Å². The van der Waals surface area contributed by atoms with Crippen LogP contribution in [0, 0.1) is 0 Å². The summed E-state index contributed by atoms with van der Waals surface area (Å²) in [6.07, 6.45) is 50.2. The molecule has 0 aliphatic carbocycles. The molecule has 1 heterocycles. The van der Waals surface area contributed by atoms with E-state index in [9.17, 15) is 0 Å². The van der Waals surface area contributed by atoms with Crippen molar-refractivity contribution in [1.82, 2.24) is 4.98 Å². The third-order valence-corrected chi connectivity index (χ3v) is 10.1. The Morgan fingerprint density at radius 3 is 1.12 bits per heavy atom. The van der Waals surface area contributed by atoms with Crippen molar-refractivity contribution in [3.8, 4) is 0 Å². The Labute approximate surface area is 272 Å². The molecule has 0 bridgehead atoms. The Hall–Kier alpha value is -0.790. The van der Waals surface area contributed by atoms with E-state index in [1.54, 1.807) is 0 Å². The van der Waals surface area contributed by atoms with Gasteiger partial charge in [-0.15, -0.1) is 0 Å². The summed E-state index contributed by atoms with van der Waals surface area (Å²) < 4.78 is 2.63. The fourth-order valence-corrected chi connectivity index (χ4v) is 7.13. The molecular formula is C41H81N2+. The van der Waals surface area contributed by atoms with E-state index >= 15 is 0 Å². The maximum Gasteiger partial charge on any atom is 0.257 e. The van der Waals surface area contributed by atoms with Gasteiger partial charge in [0, 0.05) is 0 Å². The van der Waals surface area contributed by atoms with Crippen molar-refractivity contribution in [1.29, 1.82) is 0 Å². The van der Waals surface area contributed by atoms with Gasteiger partial charge in [-0.3, -0.25) is 0 Å². The van der Waals surface area contributed by atoms with Crippen LogP contribution in [-0.4, -0.2) is 4.98 Å². The first-order valence-electron chi connectivity index (χ1n) is 20.3.